The third-order valence-electron chi connectivity index (χ3n) is 5.56. The fourth-order valence-corrected chi connectivity index (χ4v) is 3.93. The second-order valence-corrected chi connectivity index (χ2v) is 8.61. The van der Waals surface area contributed by atoms with Gasteiger partial charge in [0.05, 0.1) is 19.2 Å². The molecule has 0 aliphatic rings. The second-order valence-electron chi connectivity index (χ2n) is 8.21. The van der Waals surface area contributed by atoms with Crippen molar-refractivity contribution in [1.82, 2.24) is 10.6 Å². The van der Waals surface area contributed by atoms with Crippen molar-refractivity contribution in [2.24, 2.45) is 0 Å². The highest BCUT2D eigenvalue weighted by atomic mass is 35.5. The number of hydrogen-bond donors (Lipinski definition) is 2. The molecule has 3 rings (SSSR count). The van der Waals surface area contributed by atoms with E-state index in [0.717, 1.165) is 11.1 Å². The largest absolute Gasteiger partial charge is 0.495 e. The van der Waals surface area contributed by atoms with E-state index < -0.39 is 30.1 Å². The number of benzene rings is 3. The van der Waals surface area contributed by atoms with Crippen molar-refractivity contribution < 1.29 is 28.6 Å². The van der Waals surface area contributed by atoms with Gasteiger partial charge in [0.2, 0.25) is 5.91 Å². The molecule has 0 saturated heterocycles. The highest BCUT2D eigenvalue weighted by molar-refractivity contribution is 6.32. The minimum atomic E-state index is -1.01. The number of carbonyl (C=O) groups is 3. The molecule has 2 N–H and O–H groups in total. The summed E-state index contributed by atoms with van der Waals surface area (Å²) < 4.78 is 15.4. The van der Waals surface area contributed by atoms with E-state index >= 15 is 0 Å². The molecule has 0 saturated carbocycles. The van der Waals surface area contributed by atoms with Gasteiger partial charge in [-0.3, -0.25) is 4.79 Å². The van der Waals surface area contributed by atoms with Gasteiger partial charge < -0.3 is 24.8 Å². The second kappa shape index (κ2) is 13.9. The molecule has 0 aromatic heterocycles. The van der Waals surface area contributed by atoms with E-state index in [9.17, 15) is 14.4 Å². The molecule has 0 spiro atoms. The number of amides is 2. The third kappa shape index (κ3) is 8.54. The van der Waals surface area contributed by atoms with Crippen molar-refractivity contribution in [3.05, 3.63) is 101 Å². The molecule has 0 bridgehead atoms. The first kappa shape index (κ1) is 27.5. The highest BCUT2D eigenvalue weighted by Gasteiger charge is 2.28. The van der Waals surface area contributed by atoms with E-state index in [1.807, 2.05) is 60.7 Å². The minimum Gasteiger partial charge on any atom is -0.495 e. The minimum absolute atomic E-state index is 0.0510. The number of rotatable bonds is 11. The number of hydrogen-bond acceptors (Lipinski definition) is 6. The van der Waals surface area contributed by atoms with E-state index in [2.05, 4.69) is 10.6 Å². The van der Waals surface area contributed by atoms with Gasteiger partial charge in [0, 0.05) is 12.8 Å². The summed E-state index contributed by atoms with van der Waals surface area (Å²) in [5.74, 6) is -0.703. The van der Waals surface area contributed by atoms with E-state index in [1.54, 1.807) is 18.2 Å². The molecule has 37 heavy (non-hydrogen) atoms. The molecule has 0 aliphatic heterocycles. The van der Waals surface area contributed by atoms with Crippen molar-refractivity contribution >= 4 is 29.6 Å². The molecule has 3 aromatic rings. The Morgan fingerprint density at radius 3 is 2.00 bits per heavy atom. The van der Waals surface area contributed by atoms with Crippen LogP contribution in [0.3, 0.4) is 0 Å². The Hall–Kier alpha value is -4.04. The average molecular weight is 525 g/mol. The molecule has 0 fully saturated rings. The predicted molar refractivity (Wildman–Crippen MR) is 139 cm³/mol. The lowest BCUT2D eigenvalue weighted by atomic mass is 10.0. The molecule has 0 aliphatic carbocycles. The topological polar surface area (TPSA) is 103 Å². The Bertz CT molecular complexity index is 1190. The number of ether oxygens (including phenoxy) is 3. The van der Waals surface area contributed by atoms with Gasteiger partial charge in [0.1, 0.15) is 24.4 Å². The summed E-state index contributed by atoms with van der Waals surface area (Å²) in [4.78, 5) is 38.4. The maximum Gasteiger partial charge on any atom is 0.408 e. The van der Waals surface area contributed by atoms with Crippen molar-refractivity contribution in [2.75, 3.05) is 14.2 Å². The van der Waals surface area contributed by atoms with Crippen LogP contribution in [0.25, 0.3) is 0 Å². The maximum absolute atomic E-state index is 13.3. The summed E-state index contributed by atoms with van der Waals surface area (Å²) in [5, 5.41) is 5.70. The highest BCUT2D eigenvalue weighted by Crippen LogP contribution is 2.25. The van der Waals surface area contributed by atoms with Crippen LogP contribution in [0, 0.1) is 0 Å². The average Bonchev–Trinajstić information content (AvgIpc) is 2.92. The standard InChI is InChI=1S/C28H29ClN2O6/c1-35-25-14-13-21(15-22(25)29)17-24(27(33)36-2)30-26(32)23(16-19-9-5-3-6-10-19)31-28(34)37-18-20-11-7-4-8-12-20/h3-15,23-24H,16-18H2,1-2H3,(H,30,32)(H,31,34)/t23-,24+/m0/s1. The van der Waals surface area contributed by atoms with Gasteiger partial charge in [0.25, 0.3) is 0 Å². The lowest BCUT2D eigenvalue weighted by molar-refractivity contribution is -0.145. The van der Waals surface area contributed by atoms with Gasteiger partial charge >= 0.3 is 12.1 Å². The fraction of sp³-hybridized carbons (Fsp3) is 0.250. The lowest BCUT2D eigenvalue weighted by Crippen LogP contribution is -2.53. The molecule has 0 unspecified atom stereocenters. The molecule has 0 radical (unpaired) electrons. The molecule has 2 atom stereocenters. The van der Waals surface area contributed by atoms with Crippen molar-refractivity contribution in [3.8, 4) is 5.75 Å². The van der Waals surface area contributed by atoms with Gasteiger partial charge in [-0.2, -0.15) is 0 Å². The molecule has 194 valence electrons. The van der Waals surface area contributed by atoms with E-state index in [-0.39, 0.29) is 19.4 Å². The van der Waals surface area contributed by atoms with Crippen LogP contribution in [-0.2, 0) is 38.5 Å². The van der Waals surface area contributed by atoms with Crippen LogP contribution in [-0.4, -0.2) is 44.3 Å². The smallest absolute Gasteiger partial charge is 0.408 e. The summed E-state index contributed by atoms with van der Waals surface area (Å²) in [6, 6.07) is 21.5. The van der Waals surface area contributed by atoms with E-state index in [1.165, 1.54) is 14.2 Å². The molecular weight excluding hydrogens is 496 g/mol. The zero-order valence-electron chi connectivity index (χ0n) is 20.6. The van der Waals surface area contributed by atoms with Crippen LogP contribution in [0.2, 0.25) is 5.02 Å². The van der Waals surface area contributed by atoms with Gasteiger partial charge in [0.15, 0.2) is 0 Å². The summed E-state index contributed by atoms with van der Waals surface area (Å²) in [6.45, 7) is 0.0510. The molecular formula is C28H29ClN2O6. The Morgan fingerprint density at radius 2 is 1.41 bits per heavy atom. The molecule has 3 aromatic carbocycles. The van der Waals surface area contributed by atoms with Crippen LogP contribution in [0.15, 0.2) is 78.9 Å². The fourth-order valence-electron chi connectivity index (χ4n) is 3.65. The van der Waals surface area contributed by atoms with Crippen molar-refractivity contribution in [3.63, 3.8) is 0 Å². The van der Waals surface area contributed by atoms with Crippen LogP contribution < -0.4 is 15.4 Å². The Kier molecular flexibility index (Phi) is 10.3. The summed E-state index contributed by atoms with van der Waals surface area (Å²) in [5.41, 5.74) is 2.32. The SMILES string of the molecule is COC(=O)[C@@H](Cc1ccc(OC)c(Cl)c1)NC(=O)[C@H](Cc1ccccc1)NC(=O)OCc1ccccc1. The van der Waals surface area contributed by atoms with Crippen molar-refractivity contribution in [2.45, 2.75) is 31.5 Å². The monoisotopic (exact) mass is 524 g/mol. The predicted octanol–water partition coefficient (Wildman–Crippen LogP) is 4.09. The van der Waals surface area contributed by atoms with Crippen LogP contribution >= 0.6 is 11.6 Å². The summed E-state index contributed by atoms with van der Waals surface area (Å²) >= 11 is 6.21. The molecule has 2 amide bonds. The zero-order chi connectivity index (χ0) is 26.6. The Morgan fingerprint density at radius 1 is 0.784 bits per heavy atom. The number of halogens is 1. The zero-order valence-corrected chi connectivity index (χ0v) is 21.4. The van der Waals surface area contributed by atoms with Crippen LogP contribution in [0.4, 0.5) is 4.79 Å². The summed E-state index contributed by atoms with van der Waals surface area (Å²) in [7, 11) is 2.74. The first-order chi connectivity index (χ1) is 17.9. The third-order valence-corrected chi connectivity index (χ3v) is 5.86. The first-order valence-corrected chi connectivity index (χ1v) is 12.0. The van der Waals surface area contributed by atoms with Gasteiger partial charge in [-0.25, -0.2) is 9.59 Å². The number of carbonyl (C=O) groups excluding carboxylic acids is 3. The van der Waals surface area contributed by atoms with E-state index in [4.69, 9.17) is 25.8 Å². The number of alkyl carbamates (subject to hydrolysis) is 1. The molecule has 8 nitrogen and oxygen atoms in total. The van der Waals surface area contributed by atoms with Gasteiger partial charge in [-0.1, -0.05) is 78.3 Å². The van der Waals surface area contributed by atoms with Crippen LogP contribution in [0.1, 0.15) is 16.7 Å². The van der Waals surface area contributed by atoms with Crippen molar-refractivity contribution in [1.29, 1.82) is 0 Å². The number of nitrogens with one attached hydrogen (secondary N) is 2. The molecule has 0 heterocycles. The number of methoxy groups -OCH3 is 2. The van der Waals surface area contributed by atoms with E-state index in [0.29, 0.717) is 16.3 Å². The van der Waals surface area contributed by atoms with Gasteiger partial charge in [-0.05, 0) is 28.8 Å². The Labute approximate surface area is 220 Å². The first-order valence-electron chi connectivity index (χ1n) is 11.6. The summed E-state index contributed by atoms with van der Waals surface area (Å²) in [6.07, 6.45) is -0.440. The Balaban J connectivity index is 1.73. The molecule has 9 heteroatoms. The normalized spacial score (nSPS) is 12.1. The van der Waals surface area contributed by atoms with Gasteiger partial charge in [-0.15, -0.1) is 0 Å². The van der Waals surface area contributed by atoms with Crippen LogP contribution in [0.5, 0.6) is 5.75 Å². The lowest BCUT2D eigenvalue weighted by Gasteiger charge is -2.22. The number of esters is 1. The maximum atomic E-state index is 13.3. The quantitative estimate of drug-likeness (QED) is 0.366.